The number of imidazole rings is 1. The van der Waals surface area contributed by atoms with Gasteiger partial charge in [-0.25, -0.2) is 0 Å². The van der Waals surface area contributed by atoms with Crippen molar-refractivity contribution in [3.63, 3.8) is 0 Å². The van der Waals surface area contributed by atoms with Crippen LogP contribution >= 0.6 is 12.2 Å². The van der Waals surface area contributed by atoms with Crippen molar-refractivity contribution in [1.29, 1.82) is 0 Å². The Hall–Kier alpha value is -1.87. The average molecular weight is 280 g/mol. The molecule has 1 fully saturated rings. The van der Waals surface area contributed by atoms with E-state index in [1.165, 1.54) is 23.1 Å². The first-order chi connectivity index (χ1) is 9.74. The van der Waals surface area contributed by atoms with Gasteiger partial charge in [0.05, 0.1) is 11.0 Å². The molecule has 2 atom stereocenters. The van der Waals surface area contributed by atoms with E-state index in [-0.39, 0.29) is 0 Å². The van der Waals surface area contributed by atoms with Crippen LogP contribution in [0.4, 0.5) is 0 Å². The van der Waals surface area contributed by atoms with E-state index in [2.05, 4.69) is 65.0 Å². The van der Waals surface area contributed by atoms with E-state index in [0.29, 0.717) is 12.0 Å². The molecular formula is C17H16N2S. The first-order valence-electron chi connectivity index (χ1n) is 7.00. The highest BCUT2D eigenvalue weighted by Crippen LogP contribution is 2.52. The summed E-state index contributed by atoms with van der Waals surface area (Å²) in [4.78, 5) is 3.33. The van der Waals surface area contributed by atoms with Crippen molar-refractivity contribution in [2.24, 2.45) is 0 Å². The van der Waals surface area contributed by atoms with Crippen molar-refractivity contribution in [3.05, 3.63) is 64.4 Å². The molecule has 3 aromatic rings. The fourth-order valence-corrected chi connectivity index (χ4v) is 3.43. The number of hydrogen-bond donors (Lipinski definition) is 1. The number of hydrogen-bond acceptors (Lipinski definition) is 1. The van der Waals surface area contributed by atoms with E-state index in [1.807, 2.05) is 0 Å². The van der Waals surface area contributed by atoms with Crippen LogP contribution in [0.3, 0.4) is 0 Å². The topological polar surface area (TPSA) is 20.7 Å². The van der Waals surface area contributed by atoms with Crippen molar-refractivity contribution in [2.45, 2.75) is 25.3 Å². The van der Waals surface area contributed by atoms with E-state index in [1.54, 1.807) is 0 Å². The summed E-state index contributed by atoms with van der Waals surface area (Å²) in [5.41, 5.74) is 5.07. The van der Waals surface area contributed by atoms with Crippen LogP contribution < -0.4 is 0 Å². The Labute approximate surface area is 123 Å². The number of rotatable bonds is 2. The third-order valence-electron chi connectivity index (χ3n) is 4.19. The van der Waals surface area contributed by atoms with Gasteiger partial charge in [0.1, 0.15) is 0 Å². The average Bonchev–Trinajstić information content (AvgIpc) is 3.17. The highest BCUT2D eigenvalue weighted by atomic mass is 32.1. The Morgan fingerprint density at radius 2 is 1.95 bits per heavy atom. The largest absolute Gasteiger partial charge is 0.331 e. The number of aryl methyl sites for hydroxylation is 1. The van der Waals surface area contributed by atoms with Crippen molar-refractivity contribution < 1.29 is 0 Å². The van der Waals surface area contributed by atoms with E-state index in [0.717, 1.165) is 10.3 Å². The fraction of sp³-hybridized carbons (Fsp3) is 0.235. The van der Waals surface area contributed by atoms with Gasteiger partial charge in [-0.2, -0.15) is 0 Å². The third-order valence-corrected chi connectivity index (χ3v) is 4.49. The van der Waals surface area contributed by atoms with Gasteiger partial charge in [-0.15, -0.1) is 0 Å². The van der Waals surface area contributed by atoms with Crippen LogP contribution in [0.25, 0.3) is 11.0 Å². The number of fused-ring (bicyclic) bond motifs is 1. The molecule has 0 radical (unpaired) electrons. The summed E-state index contributed by atoms with van der Waals surface area (Å²) in [5, 5.41) is 0. The monoisotopic (exact) mass is 280 g/mol. The molecule has 1 saturated carbocycles. The normalized spacial score (nSPS) is 21.2. The predicted molar refractivity (Wildman–Crippen MR) is 84.7 cm³/mol. The lowest BCUT2D eigenvalue weighted by Gasteiger charge is -2.05. The first kappa shape index (κ1) is 11.9. The molecule has 1 aliphatic carbocycles. The van der Waals surface area contributed by atoms with E-state index < -0.39 is 0 Å². The van der Waals surface area contributed by atoms with Gasteiger partial charge in [0.25, 0.3) is 0 Å². The zero-order valence-electron chi connectivity index (χ0n) is 11.3. The highest BCUT2D eigenvalue weighted by Gasteiger charge is 2.40. The summed E-state index contributed by atoms with van der Waals surface area (Å²) >= 11 is 5.52. The number of benzene rings is 2. The van der Waals surface area contributed by atoms with Gasteiger partial charge in [-0.05, 0) is 48.8 Å². The van der Waals surface area contributed by atoms with Crippen LogP contribution in [-0.2, 0) is 0 Å². The molecule has 2 unspecified atom stereocenters. The van der Waals surface area contributed by atoms with Gasteiger partial charge in [0, 0.05) is 12.0 Å². The lowest BCUT2D eigenvalue weighted by Crippen LogP contribution is -1.96. The summed E-state index contributed by atoms with van der Waals surface area (Å²) < 4.78 is 3.14. The smallest absolute Gasteiger partial charge is 0.178 e. The van der Waals surface area contributed by atoms with Crippen LogP contribution in [0, 0.1) is 11.7 Å². The van der Waals surface area contributed by atoms with Crippen molar-refractivity contribution in [3.8, 4) is 0 Å². The molecule has 2 nitrogen and oxygen atoms in total. The molecule has 100 valence electrons. The second-order valence-corrected chi connectivity index (χ2v) is 6.03. The maximum Gasteiger partial charge on any atom is 0.178 e. The second-order valence-electron chi connectivity index (χ2n) is 5.64. The molecule has 1 N–H and O–H groups in total. The Bertz CT molecular complexity index is 829. The Morgan fingerprint density at radius 3 is 2.75 bits per heavy atom. The van der Waals surface area contributed by atoms with Crippen LogP contribution in [0.2, 0.25) is 0 Å². The SMILES string of the molecule is Cc1ccc2[nH]c(=S)n(C3CC3c3ccccc3)c2c1. The number of nitrogens with zero attached hydrogens (tertiary/aromatic N) is 1. The number of aromatic amines is 1. The van der Waals surface area contributed by atoms with Gasteiger partial charge < -0.3 is 9.55 Å². The lowest BCUT2D eigenvalue weighted by atomic mass is 10.1. The molecule has 20 heavy (non-hydrogen) atoms. The van der Waals surface area contributed by atoms with E-state index >= 15 is 0 Å². The summed E-state index contributed by atoms with van der Waals surface area (Å²) in [6.07, 6.45) is 1.18. The van der Waals surface area contributed by atoms with Gasteiger partial charge in [0.15, 0.2) is 4.77 Å². The molecular weight excluding hydrogens is 264 g/mol. The molecule has 2 aromatic carbocycles. The maximum atomic E-state index is 5.52. The third kappa shape index (κ3) is 1.81. The molecule has 0 amide bonds. The minimum Gasteiger partial charge on any atom is -0.331 e. The van der Waals surface area contributed by atoms with Crippen molar-refractivity contribution >= 4 is 23.3 Å². The summed E-state index contributed by atoms with van der Waals surface area (Å²) in [6, 6.07) is 17.7. The predicted octanol–water partition coefficient (Wildman–Crippen LogP) is 4.74. The Balaban J connectivity index is 1.79. The molecule has 4 rings (SSSR count). The Kier molecular flexibility index (Phi) is 2.57. The molecule has 1 aliphatic rings. The zero-order valence-corrected chi connectivity index (χ0v) is 12.2. The number of aromatic nitrogens is 2. The minimum absolute atomic E-state index is 0.500. The molecule has 0 aliphatic heterocycles. The quantitative estimate of drug-likeness (QED) is 0.673. The molecule has 1 heterocycles. The maximum absolute atomic E-state index is 5.52. The summed E-state index contributed by atoms with van der Waals surface area (Å²) in [5.74, 6) is 0.599. The van der Waals surface area contributed by atoms with Crippen molar-refractivity contribution in [1.82, 2.24) is 9.55 Å². The molecule has 0 bridgehead atoms. The van der Waals surface area contributed by atoms with Gasteiger partial charge in [-0.3, -0.25) is 0 Å². The van der Waals surface area contributed by atoms with E-state index in [4.69, 9.17) is 12.2 Å². The zero-order chi connectivity index (χ0) is 13.7. The van der Waals surface area contributed by atoms with Crippen LogP contribution in [0.1, 0.15) is 29.5 Å². The molecule has 0 saturated heterocycles. The van der Waals surface area contributed by atoms with Gasteiger partial charge >= 0.3 is 0 Å². The second kappa shape index (κ2) is 4.32. The lowest BCUT2D eigenvalue weighted by molar-refractivity contribution is 0.728. The minimum atomic E-state index is 0.500. The Morgan fingerprint density at radius 1 is 1.15 bits per heavy atom. The van der Waals surface area contributed by atoms with Crippen molar-refractivity contribution in [2.75, 3.05) is 0 Å². The first-order valence-corrected chi connectivity index (χ1v) is 7.41. The highest BCUT2D eigenvalue weighted by molar-refractivity contribution is 7.71. The van der Waals surface area contributed by atoms with Gasteiger partial charge in [0.2, 0.25) is 0 Å². The summed E-state index contributed by atoms with van der Waals surface area (Å²) in [7, 11) is 0. The molecule has 0 spiro atoms. The van der Waals surface area contributed by atoms with Gasteiger partial charge in [-0.1, -0.05) is 36.4 Å². The van der Waals surface area contributed by atoms with E-state index in [9.17, 15) is 0 Å². The van der Waals surface area contributed by atoms with Crippen LogP contribution in [0.5, 0.6) is 0 Å². The van der Waals surface area contributed by atoms with Crippen LogP contribution in [0.15, 0.2) is 48.5 Å². The number of nitrogens with one attached hydrogen (secondary N) is 1. The fourth-order valence-electron chi connectivity index (χ4n) is 3.09. The molecule has 3 heteroatoms. The standard InChI is InChI=1S/C17H16N2S/c1-11-7-8-14-16(9-11)19(17(20)18-14)15-10-13(15)12-5-3-2-4-6-12/h2-9,13,15H,10H2,1H3,(H,18,20). The molecule has 1 aromatic heterocycles. The summed E-state index contributed by atoms with van der Waals surface area (Å²) in [6.45, 7) is 2.13. The van der Waals surface area contributed by atoms with Crippen LogP contribution in [-0.4, -0.2) is 9.55 Å². The number of H-pyrrole nitrogens is 1.